The zero-order valence-electron chi connectivity index (χ0n) is 19.5. The average molecular weight is 459 g/mol. The molecule has 1 heterocycles. The van der Waals surface area contributed by atoms with E-state index in [1.54, 1.807) is 29.6 Å². The molecule has 32 heavy (non-hydrogen) atoms. The number of carbonyl (C=O) groups is 1. The Morgan fingerprint density at radius 1 is 1.09 bits per heavy atom. The summed E-state index contributed by atoms with van der Waals surface area (Å²) in [5.41, 5.74) is 4.12. The van der Waals surface area contributed by atoms with Crippen molar-refractivity contribution in [1.82, 2.24) is 9.62 Å². The summed E-state index contributed by atoms with van der Waals surface area (Å²) >= 11 is 0. The second-order valence-corrected chi connectivity index (χ2v) is 10.5. The van der Waals surface area contributed by atoms with Gasteiger partial charge in [0.2, 0.25) is 15.9 Å². The molecule has 1 N–H and O–H groups in total. The minimum Gasteiger partial charge on any atom is -0.496 e. The van der Waals surface area contributed by atoms with E-state index in [4.69, 9.17) is 4.74 Å². The predicted molar refractivity (Wildman–Crippen MR) is 126 cm³/mol. The second kappa shape index (κ2) is 10.5. The van der Waals surface area contributed by atoms with Crippen LogP contribution >= 0.6 is 0 Å². The number of piperidine rings is 1. The number of rotatable bonds is 8. The van der Waals surface area contributed by atoms with E-state index >= 15 is 0 Å². The topological polar surface area (TPSA) is 75.7 Å². The Kier molecular flexibility index (Phi) is 7.96. The quantitative estimate of drug-likeness (QED) is 0.640. The first-order valence-electron chi connectivity index (χ1n) is 11.3. The number of hydrogen-bond acceptors (Lipinski definition) is 4. The number of methoxy groups -OCH3 is 1. The van der Waals surface area contributed by atoms with E-state index in [-0.39, 0.29) is 23.3 Å². The van der Waals surface area contributed by atoms with Gasteiger partial charge in [0.25, 0.3) is 0 Å². The van der Waals surface area contributed by atoms with Gasteiger partial charge in [0, 0.05) is 19.5 Å². The van der Waals surface area contributed by atoms with E-state index < -0.39 is 10.0 Å². The predicted octanol–water partition coefficient (Wildman–Crippen LogP) is 4.30. The number of sulfonamides is 1. The van der Waals surface area contributed by atoms with E-state index in [0.717, 1.165) is 41.5 Å². The summed E-state index contributed by atoms with van der Waals surface area (Å²) < 4.78 is 33.1. The first-order chi connectivity index (χ1) is 15.2. The number of ether oxygens (including phenoxy) is 1. The van der Waals surface area contributed by atoms with Gasteiger partial charge in [0.05, 0.1) is 18.0 Å². The van der Waals surface area contributed by atoms with Crippen LogP contribution in [-0.4, -0.2) is 38.8 Å². The Morgan fingerprint density at radius 3 is 2.50 bits per heavy atom. The molecule has 1 fully saturated rings. The summed E-state index contributed by atoms with van der Waals surface area (Å²) in [5.74, 6) is 0.516. The number of nitrogens with one attached hydrogen (secondary N) is 1. The van der Waals surface area contributed by atoms with Crippen LogP contribution in [0.25, 0.3) is 0 Å². The lowest BCUT2D eigenvalue weighted by molar-refractivity contribution is -0.121. The zero-order chi connectivity index (χ0) is 23.3. The molecule has 0 saturated carbocycles. The number of nitrogens with zero attached hydrogens (tertiary/aromatic N) is 1. The number of amides is 1. The molecule has 0 unspecified atom stereocenters. The van der Waals surface area contributed by atoms with Gasteiger partial charge in [-0.1, -0.05) is 30.2 Å². The standard InChI is InChI=1S/C25H34N2O4S/c1-18-8-9-19(2)23(16-18)20(3)26-25(28)13-10-21-17-22(11-12-24(21)31-4)32(29,30)27-14-6-5-7-15-27/h8-9,11-12,16-17,20H,5-7,10,13-15H2,1-4H3,(H,26,28)/t20-/m1/s1. The maximum Gasteiger partial charge on any atom is 0.243 e. The molecule has 1 atom stereocenters. The summed E-state index contributed by atoms with van der Waals surface area (Å²) in [6, 6.07) is 11.0. The van der Waals surface area contributed by atoms with E-state index in [2.05, 4.69) is 23.5 Å². The molecule has 174 valence electrons. The van der Waals surface area contributed by atoms with Gasteiger partial charge in [-0.2, -0.15) is 4.31 Å². The van der Waals surface area contributed by atoms with Crippen LogP contribution in [-0.2, 0) is 21.2 Å². The van der Waals surface area contributed by atoms with Crippen molar-refractivity contribution < 1.29 is 17.9 Å². The van der Waals surface area contributed by atoms with E-state index in [0.29, 0.717) is 25.3 Å². The molecular weight excluding hydrogens is 424 g/mol. The van der Waals surface area contributed by atoms with Crippen molar-refractivity contribution in [3.63, 3.8) is 0 Å². The summed E-state index contributed by atoms with van der Waals surface area (Å²) in [7, 11) is -1.98. The maximum absolute atomic E-state index is 13.0. The van der Waals surface area contributed by atoms with Gasteiger partial charge in [-0.25, -0.2) is 8.42 Å². The van der Waals surface area contributed by atoms with Crippen LogP contribution in [0.1, 0.15) is 60.9 Å². The first-order valence-corrected chi connectivity index (χ1v) is 12.7. The van der Waals surface area contributed by atoms with Gasteiger partial charge in [0.15, 0.2) is 0 Å². The summed E-state index contributed by atoms with van der Waals surface area (Å²) in [6.45, 7) is 7.17. The van der Waals surface area contributed by atoms with E-state index in [1.807, 2.05) is 20.8 Å². The van der Waals surface area contributed by atoms with E-state index in [1.165, 1.54) is 0 Å². The Balaban J connectivity index is 1.70. The summed E-state index contributed by atoms with van der Waals surface area (Å²) in [4.78, 5) is 12.9. The molecule has 1 amide bonds. The van der Waals surface area contributed by atoms with Crippen molar-refractivity contribution in [2.24, 2.45) is 0 Å². The molecule has 2 aromatic carbocycles. The Labute approximate surface area is 192 Å². The molecule has 7 heteroatoms. The Morgan fingerprint density at radius 2 is 1.81 bits per heavy atom. The van der Waals surface area contributed by atoms with E-state index in [9.17, 15) is 13.2 Å². The molecule has 0 radical (unpaired) electrons. The minimum atomic E-state index is -3.53. The van der Waals surface area contributed by atoms with Crippen molar-refractivity contribution in [2.45, 2.75) is 63.8 Å². The fourth-order valence-electron chi connectivity index (χ4n) is 4.23. The monoisotopic (exact) mass is 458 g/mol. The highest BCUT2D eigenvalue weighted by Crippen LogP contribution is 2.27. The molecule has 0 aromatic heterocycles. The van der Waals surface area contributed by atoms with Crippen molar-refractivity contribution in [3.8, 4) is 5.75 Å². The van der Waals surface area contributed by atoms with Gasteiger partial charge in [-0.3, -0.25) is 4.79 Å². The molecular formula is C25H34N2O4S. The number of benzene rings is 2. The van der Waals surface area contributed by atoms with Crippen molar-refractivity contribution in [1.29, 1.82) is 0 Å². The number of aryl methyl sites for hydroxylation is 3. The average Bonchev–Trinajstić information content (AvgIpc) is 2.79. The van der Waals surface area contributed by atoms with Gasteiger partial charge < -0.3 is 10.1 Å². The molecule has 3 rings (SSSR count). The minimum absolute atomic E-state index is 0.0789. The molecule has 0 aliphatic carbocycles. The molecule has 1 aliphatic rings. The third-order valence-electron chi connectivity index (χ3n) is 6.10. The highest BCUT2D eigenvalue weighted by Gasteiger charge is 2.26. The number of carbonyl (C=O) groups excluding carboxylic acids is 1. The van der Waals surface area contributed by atoms with Crippen molar-refractivity contribution in [2.75, 3.05) is 20.2 Å². The normalized spacial score (nSPS) is 15.9. The van der Waals surface area contributed by atoms with Crippen LogP contribution in [0.5, 0.6) is 5.75 Å². The van der Waals surface area contributed by atoms with Crippen LogP contribution in [0, 0.1) is 13.8 Å². The Bertz CT molecular complexity index is 1060. The highest BCUT2D eigenvalue weighted by molar-refractivity contribution is 7.89. The number of hydrogen-bond donors (Lipinski definition) is 1. The third kappa shape index (κ3) is 5.70. The van der Waals surface area contributed by atoms with Gasteiger partial charge in [-0.15, -0.1) is 0 Å². The van der Waals surface area contributed by atoms with Crippen LogP contribution in [0.15, 0.2) is 41.3 Å². The Hall–Kier alpha value is -2.38. The van der Waals surface area contributed by atoms with Crippen molar-refractivity contribution >= 4 is 15.9 Å². The van der Waals surface area contributed by atoms with Crippen LogP contribution in [0.4, 0.5) is 0 Å². The highest BCUT2D eigenvalue weighted by atomic mass is 32.2. The lowest BCUT2D eigenvalue weighted by Crippen LogP contribution is -2.35. The smallest absolute Gasteiger partial charge is 0.243 e. The molecule has 1 aliphatic heterocycles. The molecule has 0 bridgehead atoms. The second-order valence-electron chi connectivity index (χ2n) is 8.59. The van der Waals surface area contributed by atoms with Crippen molar-refractivity contribution in [3.05, 3.63) is 58.7 Å². The first kappa shape index (κ1) is 24.3. The fourth-order valence-corrected chi connectivity index (χ4v) is 5.80. The van der Waals surface area contributed by atoms with Crippen LogP contribution in [0.3, 0.4) is 0 Å². The zero-order valence-corrected chi connectivity index (χ0v) is 20.3. The third-order valence-corrected chi connectivity index (χ3v) is 8.00. The lowest BCUT2D eigenvalue weighted by Gasteiger charge is -2.26. The lowest BCUT2D eigenvalue weighted by atomic mass is 9.99. The molecule has 0 spiro atoms. The van der Waals surface area contributed by atoms with Gasteiger partial charge >= 0.3 is 0 Å². The SMILES string of the molecule is COc1ccc(S(=O)(=O)N2CCCCC2)cc1CCC(=O)N[C@H](C)c1cc(C)ccc1C. The maximum atomic E-state index is 13.0. The fraction of sp³-hybridized carbons (Fsp3) is 0.480. The molecule has 6 nitrogen and oxygen atoms in total. The van der Waals surface area contributed by atoms with Crippen LogP contribution < -0.4 is 10.1 Å². The molecule has 2 aromatic rings. The molecule has 1 saturated heterocycles. The summed E-state index contributed by atoms with van der Waals surface area (Å²) in [5, 5.41) is 3.06. The van der Waals surface area contributed by atoms with Crippen LogP contribution in [0.2, 0.25) is 0 Å². The van der Waals surface area contributed by atoms with Gasteiger partial charge in [-0.05, 0) is 74.9 Å². The summed E-state index contributed by atoms with van der Waals surface area (Å²) in [6.07, 6.45) is 3.49. The largest absolute Gasteiger partial charge is 0.496 e. The van der Waals surface area contributed by atoms with Gasteiger partial charge in [0.1, 0.15) is 5.75 Å².